The molecule has 0 spiro atoms. The monoisotopic (exact) mass is 316 g/mol. The molecule has 21 heavy (non-hydrogen) atoms. The Bertz CT molecular complexity index is 539. The van der Waals surface area contributed by atoms with Crippen LogP contribution in [0.1, 0.15) is 40.0 Å². The van der Waals surface area contributed by atoms with Crippen molar-refractivity contribution in [1.82, 2.24) is 4.72 Å². The van der Waals surface area contributed by atoms with Gasteiger partial charge in [0.25, 0.3) is 0 Å². The van der Waals surface area contributed by atoms with Gasteiger partial charge in [-0.05, 0) is 51.8 Å². The molecule has 0 saturated carbocycles. The number of hydrogen-bond donors (Lipinski definition) is 2. The third-order valence-corrected chi connectivity index (χ3v) is 5.30. The molecule has 0 saturated heterocycles. The topological polar surface area (TPSA) is 58.2 Å². The van der Waals surface area contributed by atoms with Gasteiger partial charge in [0.2, 0.25) is 10.0 Å². The number of sulfonamides is 1. The van der Waals surface area contributed by atoms with Crippen molar-refractivity contribution in [3.05, 3.63) is 30.1 Å². The van der Waals surface area contributed by atoms with Gasteiger partial charge in [-0.15, -0.1) is 0 Å². The maximum Gasteiger partial charge on any atom is 0.216 e. The Labute approximate surface area is 127 Å². The molecule has 4 nitrogen and oxygen atoms in total. The fraction of sp³-hybridized carbons (Fsp3) is 0.600. The second-order valence-corrected chi connectivity index (χ2v) is 8.53. The van der Waals surface area contributed by atoms with Gasteiger partial charge in [-0.1, -0.05) is 12.5 Å². The zero-order chi connectivity index (χ0) is 15.9. The van der Waals surface area contributed by atoms with Crippen LogP contribution in [0.3, 0.4) is 0 Å². The Balaban J connectivity index is 2.13. The van der Waals surface area contributed by atoms with Crippen LogP contribution in [0.5, 0.6) is 0 Å². The number of benzene rings is 1. The average molecular weight is 316 g/mol. The molecule has 1 rings (SSSR count). The molecule has 1 aromatic carbocycles. The summed E-state index contributed by atoms with van der Waals surface area (Å²) in [7, 11) is -3.25. The number of anilines is 1. The molecule has 0 aromatic heterocycles. The van der Waals surface area contributed by atoms with Crippen LogP contribution < -0.4 is 10.0 Å². The molecule has 1 aromatic rings. The van der Waals surface area contributed by atoms with Gasteiger partial charge in [-0.3, -0.25) is 0 Å². The molecule has 0 aliphatic heterocycles. The fourth-order valence-corrected chi connectivity index (χ4v) is 2.53. The quantitative estimate of drug-likeness (QED) is 0.725. The van der Waals surface area contributed by atoms with Gasteiger partial charge < -0.3 is 5.32 Å². The van der Waals surface area contributed by atoms with Crippen molar-refractivity contribution < 1.29 is 12.8 Å². The summed E-state index contributed by atoms with van der Waals surface area (Å²) in [6, 6.07) is 6.35. The number of unbranched alkanes of at least 4 members (excludes halogenated alkanes) is 2. The zero-order valence-corrected chi connectivity index (χ0v) is 13.8. The standard InChI is InChI=1S/C15H25FN2O2S/c1-15(2,3)21(19,20)18-11-6-4-5-10-17-14-9-7-8-13(16)12-14/h7-9,12,17-18H,4-6,10-11H2,1-3H3. The number of nitrogens with one attached hydrogen (secondary N) is 2. The third kappa shape index (κ3) is 6.44. The normalized spacial score (nSPS) is 12.4. The van der Waals surface area contributed by atoms with Crippen LogP contribution >= 0.6 is 0 Å². The summed E-state index contributed by atoms with van der Waals surface area (Å²) in [5, 5.41) is 3.14. The van der Waals surface area contributed by atoms with Crippen molar-refractivity contribution in [2.45, 2.75) is 44.8 Å². The lowest BCUT2D eigenvalue weighted by Crippen LogP contribution is -2.39. The van der Waals surface area contributed by atoms with Crippen molar-refractivity contribution in [3.63, 3.8) is 0 Å². The van der Waals surface area contributed by atoms with Crippen LogP contribution in [-0.2, 0) is 10.0 Å². The number of hydrogen-bond acceptors (Lipinski definition) is 3. The van der Waals surface area contributed by atoms with Crippen molar-refractivity contribution in [3.8, 4) is 0 Å². The predicted octanol–water partition coefficient (Wildman–Crippen LogP) is 3.13. The van der Waals surface area contributed by atoms with Crippen LogP contribution in [0.25, 0.3) is 0 Å². The predicted molar refractivity (Wildman–Crippen MR) is 85.4 cm³/mol. The second-order valence-electron chi connectivity index (χ2n) is 6.01. The molecule has 0 aliphatic rings. The largest absolute Gasteiger partial charge is 0.385 e. The molecule has 120 valence electrons. The summed E-state index contributed by atoms with van der Waals surface area (Å²) in [6.45, 7) is 6.24. The molecule has 0 radical (unpaired) electrons. The Morgan fingerprint density at radius 1 is 1.10 bits per heavy atom. The number of rotatable bonds is 8. The third-order valence-electron chi connectivity index (χ3n) is 3.11. The summed E-state index contributed by atoms with van der Waals surface area (Å²) in [5.41, 5.74) is 0.767. The van der Waals surface area contributed by atoms with E-state index in [1.807, 2.05) is 6.07 Å². The lowest BCUT2D eigenvalue weighted by Gasteiger charge is -2.19. The maximum atomic E-state index is 12.9. The summed E-state index contributed by atoms with van der Waals surface area (Å²) in [4.78, 5) is 0. The van der Waals surface area contributed by atoms with Gasteiger partial charge in [-0.2, -0.15) is 0 Å². The van der Waals surface area contributed by atoms with Gasteiger partial charge in [0, 0.05) is 18.8 Å². The minimum Gasteiger partial charge on any atom is -0.385 e. The highest BCUT2D eigenvalue weighted by Crippen LogP contribution is 2.13. The first kappa shape index (κ1) is 17.9. The highest BCUT2D eigenvalue weighted by Gasteiger charge is 2.27. The van der Waals surface area contributed by atoms with Gasteiger partial charge in [0.05, 0.1) is 4.75 Å². The molecule has 0 atom stereocenters. The Morgan fingerprint density at radius 3 is 2.38 bits per heavy atom. The first-order valence-electron chi connectivity index (χ1n) is 7.21. The van der Waals surface area contributed by atoms with Gasteiger partial charge >= 0.3 is 0 Å². The highest BCUT2D eigenvalue weighted by atomic mass is 32.2. The molecule has 6 heteroatoms. The van der Waals surface area contributed by atoms with Crippen LogP contribution in [-0.4, -0.2) is 26.3 Å². The Kier molecular flexibility index (Phi) is 6.61. The smallest absolute Gasteiger partial charge is 0.216 e. The zero-order valence-electron chi connectivity index (χ0n) is 12.9. The van der Waals surface area contributed by atoms with Crippen molar-refractivity contribution in [2.24, 2.45) is 0 Å². The summed E-state index contributed by atoms with van der Waals surface area (Å²) < 4.78 is 38.4. The van der Waals surface area contributed by atoms with E-state index in [0.29, 0.717) is 6.54 Å². The lowest BCUT2D eigenvalue weighted by atomic mass is 10.2. The van der Waals surface area contributed by atoms with Crippen LogP contribution in [0.2, 0.25) is 0 Å². The van der Waals surface area contributed by atoms with E-state index in [-0.39, 0.29) is 5.82 Å². The van der Waals surface area contributed by atoms with E-state index in [2.05, 4.69) is 10.0 Å². The van der Waals surface area contributed by atoms with E-state index in [9.17, 15) is 12.8 Å². The van der Waals surface area contributed by atoms with E-state index in [0.717, 1.165) is 31.5 Å². The van der Waals surface area contributed by atoms with Crippen LogP contribution in [0, 0.1) is 5.82 Å². The molecular formula is C15H25FN2O2S. The molecule has 0 heterocycles. The Morgan fingerprint density at radius 2 is 1.76 bits per heavy atom. The molecule has 2 N–H and O–H groups in total. The van der Waals surface area contributed by atoms with Crippen molar-refractivity contribution in [1.29, 1.82) is 0 Å². The van der Waals surface area contributed by atoms with E-state index < -0.39 is 14.8 Å². The average Bonchev–Trinajstić information content (AvgIpc) is 2.36. The van der Waals surface area contributed by atoms with Crippen LogP contribution in [0.15, 0.2) is 24.3 Å². The molecule has 0 amide bonds. The second kappa shape index (κ2) is 7.75. The maximum absolute atomic E-state index is 12.9. The minimum atomic E-state index is -3.25. The summed E-state index contributed by atoms with van der Waals surface area (Å²) in [5.74, 6) is -0.253. The van der Waals surface area contributed by atoms with Gasteiger partial charge in [0.15, 0.2) is 0 Å². The first-order valence-corrected chi connectivity index (χ1v) is 8.69. The fourth-order valence-electron chi connectivity index (χ4n) is 1.68. The van der Waals surface area contributed by atoms with Gasteiger partial charge in [0.1, 0.15) is 5.82 Å². The van der Waals surface area contributed by atoms with Gasteiger partial charge in [-0.25, -0.2) is 17.5 Å². The van der Waals surface area contributed by atoms with Crippen molar-refractivity contribution in [2.75, 3.05) is 18.4 Å². The van der Waals surface area contributed by atoms with E-state index in [4.69, 9.17) is 0 Å². The minimum absolute atomic E-state index is 0.253. The molecule has 0 unspecified atom stereocenters. The summed E-state index contributed by atoms with van der Waals surface area (Å²) in [6.07, 6.45) is 2.61. The van der Waals surface area contributed by atoms with E-state index in [1.165, 1.54) is 12.1 Å². The highest BCUT2D eigenvalue weighted by molar-refractivity contribution is 7.90. The Hall–Kier alpha value is -1.14. The molecular weight excluding hydrogens is 291 g/mol. The van der Waals surface area contributed by atoms with E-state index in [1.54, 1.807) is 26.8 Å². The molecule has 0 aliphatic carbocycles. The summed E-state index contributed by atoms with van der Waals surface area (Å²) >= 11 is 0. The molecule has 0 bridgehead atoms. The first-order chi connectivity index (χ1) is 9.72. The van der Waals surface area contributed by atoms with Crippen molar-refractivity contribution >= 4 is 15.7 Å². The number of halogens is 1. The lowest BCUT2D eigenvalue weighted by molar-refractivity contribution is 0.540. The SMILES string of the molecule is CC(C)(C)S(=O)(=O)NCCCCCNc1cccc(F)c1. The van der Waals surface area contributed by atoms with E-state index >= 15 is 0 Å². The molecule has 0 fully saturated rings. The van der Waals surface area contributed by atoms with Crippen LogP contribution in [0.4, 0.5) is 10.1 Å².